The molecular weight excluding hydrogens is 454 g/mol. The van der Waals surface area contributed by atoms with Gasteiger partial charge >= 0.3 is 0 Å². The van der Waals surface area contributed by atoms with Crippen LogP contribution >= 0.6 is 22.9 Å². The zero-order chi connectivity index (χ0) is 23.6. The lowest BCUT2D eigenvalue weighted by molar-refractivity contribution is -0.263. The van der Waals surface area contributed by atoms with Crippen molar-refractivity contribution in [3.8, 4) is 0 Å². The number of nitrogens with one attached hydrogen (secondary N) is 1. The smallest absolute Gasteiger partial charge is 0.261 e. The van der Waals surface area contributed by atoms with E-state index in [1.807, 2.05) is 19.1 Å². The third kappa shape index (κ3) is 4.87. The van der Waals surface area contributed by atoms with E-state index in [-0.39, 0.29) is 12.5 Å². The number of halogens is 1. The van der Waals surface area contributed by atoms with E-state index in [1.54, 1.807) is 33.1 Å². The van der Waals surface area contributed by atoms with Crippen molar-refractivity contribution >= 4 is 28.8 Å². The molecule has 4 N–H and O–H groups in total. The second-order valence-corrected chi connectivity index (χ2v) is 9.77. The van der Waals surface area contributed by atoms with Crippen molar-refractivity contribution in [1.29, 1.82) is 0 Å². The molecule has 2 heterocycles. The predicted octanol–water partition coefficient (Wildman–Crippen LogP) is 2.61. The van der Waals surface area contributed by atoms with Crippen LogP contribution in [-0.4, -0.2) is 59.3 Å². The normalized spacial score (nSPS) is 28.0. The number of hydrogen-bond donors (Lipinski definition) is 4. The molecular formula is C23H30ClNO6S. The summed E-state index contributed by atoms with van der Waals surface area (Å²) in [6, 6.07) is 7.30. The molecule has 7 nitrogen and oxygen atoms in total. The summed E-state index contributed by atoms with van der Waals surface area (Å²) in [6.45, 7) is 6.00. The van der Waals surface area contributed by atoms with Gasteiger partial charge in [0.15, 0.2) is 0 Å². The SMILES string of the molecule is CCNC(=O)c1ccc(Cc2cc([C@]3(C)O[C@H](C)[C@@H](O)[C@H](O)[C@H]3O)c(COC)cc2Cl)s1. The summed E-state index contributed by atoms with van der Waals surface area (Å²) < 4.78 is 11.4. The van der Waals surface area contributed by atoms with E-state index < -0.39 is 30.0 Å². The second-order valence-electron chi connectivity index (χ2n) is 8.19. The van der Waals surface area contributed by atoms with Gasteiger partial charge in [-0.2, -0.15) is 0 Å². The average Bonchev–Trinajstić information content (AvgIpc) is 3.22. The fraction of sp³-hybridized carbons (Fsp3) is 0.522. The number of carbonyl (C=O) groups is 1. The van der Waals surface area contributed by atoms with E-state index in [0.29, 0.717) is 34.0 Å². The molecule has 0 radical (unpaired) electrons. The van der Waals surface area contributed by atoms with Crippen LogP contribution in [0.1, 0.15) is 52.0 Å². The van der Waals surface area contributed by atoms with Crippen LogP contribution in [0.2, 0.25) is 5.02 Å². The Morgan fingerprint density at radius 2 is 1.97 bits per heavy atom. The summed E-state index contributed by atoms with van der Waals surface area (Å²) in [4.78, 5) is 13.7. The topological polar surface area (TPSA) is 108 Å². The zero-order valence-electron chi connectivity index (χ0n) is 18.6. The number of methoxy groups -OCH3 is 1. The van der Waals surface area contributed by atoms with E-state index in [2.05, 4.69) is 5.32 Å². The van der Waals surface area contributed by atoms with Gasteiger partial charge in [-0.1, -0.05) is 17.7 Å². The fourth-order valence-electron chi connectivity index (χ4n) is 4.10. The highest BCUT2D eigenvalue weighted by Crippen LogP contribution is 2.41. The number of rotatable bonds is 7. The Labute approximate surface area is 196 Å². The Morgan fingerprint density at radius 3 is 2.62 bits per heavy atom. The van der Waals surface area contributed by atoms with E-state index in [4.69, 9.17) is 21.1 Å². The Morgan fingerprint density at radius 1 is 1.25 bits per heavy atom. The van der Waals surface area contributed by atoms with Gasteiger partial charge in [-0.25, -0.2) is 0 Å². The molecule has 1 aromatic carbocycles. The van der Waals surface area contributed by atoms with Gasteiger partial charge in [-0.15, -0.1) is 11.3 Å². The molecule has 1 aliphatic rings. The van der Waals surface area contributed by atoms with Gasteiger partial charge in [0.1, 0.15) is 23.9 Å². The lowest BCUT2D eigenvalue weighted by Gasteiger charge is -2.47. The third-order valence-electron chi connectivity index (χ3n) is 5.84. The molecule has 3 rings (SSSR count). The van der Waals surface area contributed by atoms with Gasteiger partial charge in [0.2, 0.25) is 0 Å². The average molecular weight is 484 g/mol. The number of aliphatic hydroxyl groups is 3. The molecule has 0 bridgehead atoms. The van der Waals surface area contributed by atoms with Gasteiger partial charge in [-0.3, -0.25) is 4.79 Å². The van der Waals surface area contributed by atoms with Crippen molar-refractivity contribution in [3.63, 3.8) is 0 Å². The van der Waals surface area contributed by atoms with Crippen LogP contribution in [0.3, 0.4) is 0 Å². The molecule has 2 aromatic rings. The summed E-state index contributed by atoms with van der Waals surface area (Å²) in [5, 5.41) is 34.7. The quantitative estimate of drug-likeness (QED) is 0.482. The fourth-order valence-corrected chi connectivity index (χ4v) is 5.30. The molecule has 9 heteroatoms. The Kier molecular flexibility index (Phi) is 7.98. The number of aliphatic hydroxyl groups excluding tert-OH is 3. The van der Waals surface area contributed by atoms with Crippen LogP contribution < -0.4 is 5.32 Å². The predicted molar refractivity (Wildman–Crippen MR) is 123 cm³/mol. The largest absolute Gasteiger partial charge is 0.388 e. The summed E-state index contributed by atoms with van der Waals surface area (Å²) in [6.07, 6.45) is -4.13. The van der Waals surface area contributed by atoms with Crippen molar-refractivity contribution in [2.45, 2.75) is 63.8 Å². The number of amides is 1. The summed E-state index contributed by atoms with van der Waals surface area (Å²) in [5.41, 5.74) is 0.848. The number of hydrogen-bond acceptors (Lipinski definition) is 7. The van der Waals surface area contributed by atoms with Crippen molar-refractivity contribution in [2.75, 3.05) is 13.7 Å². The maximum absolute atomic E-state index is 12.1. The molecule has 1 aliphatic heterocycles. The third-order valence-corrected chi connectivity index (χ3v) is 7.28. The van der Waals surface area contributed by atoms with Gasteiger partial charge in [-0.05, 0) is 55.7 Å². The van der Waals surface area contributed by atoms with Crippen molar-refractivity contribution < 1.29 is 29.6 Å². The highest BCUT2D eigenvalue weighted by Gasteiger charge is 2.51. The van der Waals surface area contributed by atoms with E-state index in [0.717, 1.165) is 10.4 Å². The van der Waals surface area contributed by atoms with Gasteiger partial charge in [0.05, 0.1) is 17.6 Å². The molecule has 1 amide bonds. The van der Waals surface area contributed by atoms with Gasteiger partial charge in [0, 0.05) is 30.0 Å². The van der Waals surface area contributed by atoms with E-state index in [1.165, 1.54) is 11.3 Å². The minimum absolute atomic E-state index is 0.112. The molecule has 1 saturated heterocycles. The van der Waals surface area contributed by atoms with Crippen LogP contribution in [0, 0.1) is 0 Å². The molecule has 176 valence electrons. The molecule has 0 aliphatic carbocycles. The summed E-state index contributed by atoms with van der Waals surface area (Å²) in [5.74, 6) is -0.112. The highest BCUT2D eigenvalue weighted by molar-refractivity contribution is 7.14. The highest BCUT2D eigenvalue weighted by atomic mass is 35.5. The molecule has 0 unspecified atom stereocenters. The molecule has 5 atom stereocenters. The lowest BCUT2D eigenvalue weighted by atomic mass is 9.79. The van der Waals surface area contributed by atoms with Crippen molar-refractivity contribution in [2.24, 2.45) is 0 Å². The minimum atomic E-state index is -1.37. The van der Waals surface area contributed by atoms with E-state index in [9.17, 15) is 20.1 Å². The monoisotopic (exact) mass is 483 g/mol. The first-order valence-electron chi connectivity index (χ1n) is 10.5. The maximum Gasteiger partial charge on any atom is 0.261 e. The molecule has 0 saturated carbocycles. The van der Waals surface area contributed by atoms with Gasteiger partial charge in [0.25, 0.3) is 5.91 Å². The van der Waals surface area contributed by atoms with Crippen molar-refractivity contribution in [1.82, 2.24) is 5.32 Å². The first kappa shape index (κ1) is 25.1. The summed E-state index contributed by atoms with van der Waals surface area (Å²) >= 11 is 7.98. The standard InChI is InChI=1S/C23H30ClNO6S/c1-5-25-22(29)18-7-6-15(32-18)8-13-9-16(14(11-30-4)10-17(13)24)23(3)21(28)20(27)19(26)12(2)31-23/h6-7,9-10,12,19-21,26-28H,5,8,11H2,1-4H3,(H,25,29)/t12-,19-,20+,21-,23+/m1/s1. The molecule has 1 aromatic heterocycles. The Balaban J connectivity index is 2.00. The first-order valence-corrected chi connectivity index (χ1v) is 11.7. The number of ether oxygens (including phenoxy) is 2. The number of benzene rings is 1. The first-order chi connectivity index (χ1) is 15.1. The Bertz CT molecular complexity index is 966. The number of thiophene rings is 1. The van der Waals surface area contributed by atoms with Crippen LogP contribution in [-0.2, 0) is 28.1 Å². The van der Waals surface area contributed by atoms with Crippen molar-refractivity contribution in [3.05, 3.63) is 55.7 Å². The minimum Gasteiger partial charge on any atom is -0.388 e. The van der Waals surface area contributed by atoms with E-state index >= 15 is 0 Å². The zero-order valence-corrected chi connectivity index (χ0v) is 20.2. The van der Waals surface area contributed by atoms with Crippen LogP contribution in [0.4, 0.5) is 0 Å². The summed E-state index contributed by atoms with van der Waals surface area (Å²) in [7, 11) is 1.56. The molecule has 0 spiro atoms. The number of carbonyl (C=O) groups excluding carboxylic acids is 1. The Hall–Kier alpha value is -1.52. The molecule has 32 heavy (non-hydrogen) atoms. The van der Waals surface area contributed by atoms with Crippen LogP contribution in [0.5, 0.6) is 0 Å². The lowest BCUT2D eigenvalue weighted by Crippen LogP contribution is -2.61. The molecule has 1 fully saturated rings. The van der Waals surface area contributed by atoms with Gasteiger partial charge < -0.3 is 30.1 Å². The maximum atomic E-state index is 12.1. The second kappa shape index (κ2) is 10.2. The van der Waals surface area contributed by atoms with Crippen LogP contribution in [0.15, 0.2) is 24.3 Å². The van der Waals surface area contributed by atoms with Crippen LogP contribution in [0.25, 0.3) is 0 Å².